The van der Waals surface area contributed by atoms with E-state index in [4.69, 9.17) is 0 Å². The van der Waals surface area contributed by atoms with Crippen molar-refractivity contribution < 1.29 is 14.7 Å². The number of nitrogens with zero attached hydrogens (tertiary/aromatic N) is 2. The fourth-order valence-electron chi connectivity index (χ4n) is 2.71. The second-order valence-electron chi connectivity index (χ2n) is 4.87. The summed E-state index contributed by atoms with van der Waals surface area (Å²) in [6.45, 7) is 0.493. The molecule has 1 aromatic heterocycles. The van der Waals surface area contributed by atoms with Gasteiger partial charge in [-0.25, -0.2) is 4.79 Å². The highest BCUT2D eigenvalue weighted by atomic mass is 16.4. The summed E-state index contributed by atoms with van der Waals surface area (Å²) in [5.41, 5.74) is 1.26. The molecule has 0 bridgehead atoms. The molecule has 5 nitrogen and oxygen atoms in total. The van der Waals surface area contributed by atoms with Gasteiger partial charge in [0, 0.05) is 23.7 Å². The van der Waals surface area contributed by atoms with Crippen LogP contribution in [-0.4, -0.2) is 39.5 Å². The molecule has 0 spiro atoms. The molecule has 1 aliphatic rings. The number of aromatic nitrogens is 1. The van der Waals surface area contributed by atoms with E-state index in [2.05, 4.69) is 4.98 Å². The van der Waals surface area contributed by atoms with Gasteiger partial charge in [0.1, 0.15) is 6.04 Å². The van der Waals surface area contributed by atoms with Gasteiger partial charge in [-0.15, -0.1) is 0 Å². The van der Waals surface area contributed by atoms with Crippen LogP contribution in [0, 0.1) is 0 Å². The predicted octanol–water partition coefficient (Wildman–Crippen LogP) is 1.92. The molecule has 1 N–H and O–H groups in total. The Bertz CT molecular complexity index is 678. The Morgan fingerprint density at radius 2 is 2.10 bits per heavy atom. The lowest BCUT2D eigenvalue weighted by molar-refractivity contribution is -0.141. The van der Waals surface area contributed by atoms with Gasteiger partial charge in [0.2, 0.25) is 0 Å². The van der Waals surface area contributed by atoms with Crippen LogP contribution >= 0.6 is 0 Å². The minimum absolute atomic E-state index is 0.228. The zero-order chi connectivity index (χ0) is 14.1. The second kappa shape index (κ2) is 4.92. The van der Waals surface area contributed by atoms with Crippen LogP contribution in [0.3, 0.4) is 0 Å². The minimum atomic E-state index is -0.936. The molecule has 0 unspecified atom stereocenters. The topological polar surface area (TPSA) is 70.5 Å². The summed E-state index contributed by atoms with van der Waals surface area (Å²) >= 11 is 0. The molecule has 20 heavy (non-hydrogen) atoms. The molecule has 1 aromatic carbocycles. The third kappa shape index (κ3) is 2.01. The molecule has 1 saturated heterocycles. The predicted molar refractivity (Wildman–Crippen MR) is 73.4 cm³/mol. The molecule has 102 valence electrons. The summed E-state index contributed by atoms with van der Waals surface area (Å²) in [6.07, 6.45) is 2.92. The van der Waals surface area contributed by atoms with Crippen LogP contribution in [0.5, 0.6) is 0 Å². The molecule has 5 heteroatoms. The Hall–Kier alpha value is -2.43. The van der Waals surface area contributed by atoms with Gasteiger partial charge in [0.05, 0.1) is 5.52 Å². The van der Waals surface area contributed by atoms with Gasteiger partial charge < -0.3 is 10.0 Å². The third-order valence-electron chi connectivity index (χ3n) is 3.67. The number of aliphatic carboxylic acids is 1. The number of pyridine rings is 1. The summed E-state index contributed by atoms with van der Waals surface area (Å²) < 4.78 is 0. The van der Waals surface area contributed by atoms with Crippen molar-refractivity contribution >= 4 is 22.8 Å². The smallest absolute Gasteiger partial charge is 0.326 e. The van der Waals surface area contributed by atoms with Gasteiger partial charge >= 0.3 is 5.97 Å². The summed E-state index contributed by atoms with van der Waals surface area (Å²) in [7, 11) is 0. The Labute approximate surface area is 115 Å². The zero-order valence-electron chi connectivity index (χ0n) is 10.8. The number of benzene rings is 1. The first kappa shape index (κ1) is 12.6. The Balaban J connectivity index is 2.03. The van der Waals surface area contributed by atoms with Crippen molar-refractivity contribution in [2.75, 3.05) is 6.54 Å². The van der Waals surface area contributed by atoms with E-state index in [0.29, 0.717) is 18.5 Å². The van der Waals surface area contributed by atoms with Gasteiger partial charge in [0.15, 0.2) is 0 Å². The molecule has 0 saturated carbocycles. The average molecular weight is 270 g/mol. The van der Waals surface area contributed by atoms with Crippen LogP contribution in [0.1, 0.15) is 23.2 Å². The van der Waals surface area contributed by atoms with E-state index in [1.807, 2.05) is 12.1 Å². The maximum Gasteiger partial charge on any atom is 0.326 e. The van der Waals surface area contributed by atoms with Crippen LogP contribution < -0.4 is 0 Å². The maximum absolute atomic E-state index is 12.6. The van der Waals surface area contributed by atoms with Crippen LogP contribution in [0.15, 0.2) is 36.5 Å². The lowest BCUT2D eigenvalue weighted by Crippen LogP contribution is -2.40. The molecule has 2 aromatic rings. The Kier molecular flexibility index (Phi) is 3.10. The molecule has 2 heterocycles. The SMILES string of the molecule is O=C(O)[C@H]1CCCN1C(=O)c1cccc2ncccc12. The number of amides is 1. The number of carboxylic acids is 1. The fourth-order valence-corrected chi connectivity index (χ4v) is 2.71. The van der Waals surface area contributed by atoms with Crippen molar-refractivity contribution in [3.63, 3.8) is 0 Å². The standard InChI is InChI=1S/C15H14N2O3/c18-14(17-9-3-7-13(17)15(19)20)11-4-1-6-12-10(11)5-2-8-16-12/h1-2,4-6,8,13H,3,7,9H2,(H,19,20)/t13-/m1/s1. The monoisotopic (exact) mass is 270 g/mol. The molecule has 1 fully saturated rings. The quantitative estimate of drug-likeness (QED) is 0.905. The van der Waals surface area contributed by atoms with Crippen LogP contribution in [0.2, 0.25) is 0 Å². The van der Waals surface area contributed by atoms with E-state index in [1.165, 1.54) is 4.90 Å². The number of carbonyl (C=O) groups excluding carboxylic acids is 1. The number of carboxylic acid groups (broad SMARTS) is 1. The molecular formula is C15H14N2O3. The second-order valence-corrected chi connectivity index (χ2v) is 4.87. The molecule has 1 aliphatic heterocycles. The van der Waals surface area contributed by atoms with Crippen LogP contribution in [0.25, 0.3) is 10.9 Å². The number of hydrogen-bond acceptors (Lipinski definition) is 3. The van der Waals surface area contributed by atoms with Crippen molar-refractivity contribution in [3.05, 3.63) is 42.1 Å². The number of fused-ring (bicyclic) bond motifs is 1. The minimum Gasteiger partial charge on any atom is -0.480 e. The van der Waals surface area contributed by atoms with Crippen LogP contribution in [0.4, 0.5) is 0 Å². The molecule has 0 radical (unpaired) electrons. The van der Waals surface area contributed by atoms with Gasteiger partial charge in [-0.1, -0.05) is 12.1 Å². The Morgan fingerprint density at radius 3 is 2.90 bits per heavy atom. The molecule has 1 atom stereocenters. The van der Waals surface area contributed by atoms with E-state index >= 15 is 0 Å². The van der Waals surface area contributed by atoms with Crippen LogP contribution in [-0.2, 0) is 4.79 Å². The largest absolute Gasteiger partial charge is 0.480 e. The summed E-state index contributed by atoms with van der Waals surface area (Å²) in [5, 5.41) is 9.95. The number of likely N-dealkylation sites (tertiary alicyclic amines) is 1. The highest BCUT2D eigenvalue weighted by molar-refractivity contribution is 6.07. The van der Waals surface area contributed by atoms with E-state index < -0.39 is 12.0 Å². The third-order valence-corrected chi connectivity index (χ3v) is 3.67. The van der Waals surface area contributed by atoms with E-state index in [1.54, 1.807) is 24.4 Å². The lowest BCUT2D eigenvalue weighted by atomic mass is 10.1. The van der Waals surface area contributed by atoms with Crippen molar-refractivity contribution in [1.29, 1.82) is 0 Å². The highest BCUT2D eigenvalue weighted by Crippen LogP contribution is 2.24. The Morgan fingerprint density at radius 1 is 1.25 bits per heavy atom. The van der Waals surface area contributed by atoms with Crippen molar-refractivity contribution in [2.24, 2.45) is 0 Å². The first-order valence-corrected chi connectivity index (χ1v) is 6.56. The first-order valence-electron chi connectivity index (χ1n) is 6.56. The van der Waals surface area contributed by atoms with Crippen molar-refractivity contribution in [1.82, 2.24) is 9.88 Å². The fraction of sp³-hybridized carbons (Fsp3) is 0.267. The lowest BCUT2D eigenvalue weighted by Gasteiger charge is -2.22. The summed E-state index contributed by atoms with van der Waals surface area (Å²) in [4.78, 5) is 29.5. The maximum atomic E-state index is 12.6. The molecule has 3 rings (SSSR count). The molecular weight excluding hydrogens is 256 g/mol. The zero-order valence-corrected chi connectivity index (χ0v) is 10.8. The molecule has 1 amide bonds. The highest BCUT2D eigenvalue weighted by Gasteiger charge is 2.34. The van der Waals surface area contributed by atoms with E-state index in [-0.39, 0.29) is 5.91 Å². The summed E-state index contributed by atoms with van der Waals surface area (Å²) in [6, 6.07) is 8.23. The van der Waals surface area contributed by atoms with Crippen molar-refractivity contribution in [2.45, 2.75) is 18.9 Å². The molecule has 0 aliphatic carbocycles. The van der Waals surface area contributed by atoms with Gasteiger partial charge in [0.25, 0.3) is 5.91 Å². The summed E-state index contributed by atoms with van der Waals surface area (Å²) in [5.74, 6) is -1.16. The van der Waals surface area contributed by atoms with Gasteiger partial charge in [-0.2, -0.15) is 0 Å². The average Bonchev–Trinajstić information content (AvgIpc) is 2.95. The number of carbonyl (C=O) groups is 2. The van der Waals surface area contributed by atoms with Gasteiger partial charge in [-0.05, 0) is 31.0 Å². The number of rotatable bonds is 2. The number of hydrogen-bond donors (Lipinski definition) is 1. The van der Waals surface area contributed by atoms with Gasteiger partial charge in [-0.3, -0.25) is 9.78 Å². The normalized spacial score (nSPS) is 18.4. The van der Waals surface area contributed by atoms with E-state index in [0.717, 1.165) is 17.3 Å². The first-order chi connectivity index (χ1) is 9.68. The van der Waals surface area contributed by atoms with E-state index in [9.17, 15) is 14.7 Å². The van der Waals surface area contributed by atoms with Crippen molar-refractivity contribution in [3.8, 4) is 0 Å².